The molecule has 3 aromatic carbocycles. The van der Waals surface area contributed by atoms with E-state index in [4.69, 9.17) is 4.42 Å². The molecule has 1 amide bonds. The van der Waals surface area contributed by atoms with E-state index in [1.54, 1.807) is 0 Å². The molecule has 1 aromatic heterocycles. The summed E-state index contributed by atoms with van der Waals surface area (Å²) >= 11 is 0. The number of aryl methyl sites for hydroxylation is 2. The van der Waals surface area contributed by atoms with Gasteiger partial charge in [-0.3, -0.25) is 4.79 Å². The lowest BCUT2D eigenvalue weighted by atomic mass is 10.1. The number of hydrogen-bond acceptors (Lipinski definition) is 2. The van der Waals surface area contributed by atoms with Gasteiger partial charge in [0, 0.05) is 22.0 Å². The van der Waals surface area contributed by atoms with Gasteiger partial charge in [0.1, 0.15) is 5.58 Å². The quantitative estimate of drug-likeness (QED) is 0.523. The zero-order chi connectivity index (χ0) is 17.4. The lowest BCUT2D eigenvalue weighted by molar-refractivity contribution is 0.0998. The molecule has 3 nitrogen and oxygen atoms in total. The summed E-state index contributed by atoms with van der Waals surface area (Å²) in [5.41, 5.74) is 3.60. The van der Waals surface area contributed by atoms with Crippen LogP contribution in [0.4, 0.5) is 5.69 Å². The number of amides is 1. The summed E-state index contributed by atoms with van der Waals surface area (Å²) in [4.78, 5) is 12.7. The average molecular weight is 329 g/mol. The molecule has 0 bridgehead atoms. The van der Waals surface area contributed by atoms with Gasteiger partial charge in [-0.2, -0.15) is 0 Å². The summed E-state index contributed by atoms with van der Waals surface area (Å²) in [6.45, 7) is 4.02. The maximum atomic E-state index is 12.7. The van der Waals surface area contributed by atoms with Gasteiger partial charge in [-0.1, -0.05) is 55.5 Å². The molecule has 0 saturated carbocycles. The molecule has 0 atom stereocenters. The SMILES string of the molecule is CCc1cccc(NC(=O)c2oc3c(ccc4ccccc43)c2C)c1. The van der Waals surface area contributed by atoms with Gasteiger partial charge in [0.05, 0.1) is 0 Å². The lowest BCUT2D eigenvalue weighted by Crippen LogP contribution is -2.12. The molecule has 0 aliphatic carbocycles. The molecule has 0 spiro atoms. The summed E-state index contributed by atoms with van der Waals surface area (Å²) in [6, 6.07) is 20.0. The van der Waals surface area contributed by atoms with E-state index in [9.17, 15) is 4.79 Å². The van der Waals surface area contributed by atoms with Crippen LogP contribution in [0.1, 0.15) is 28.6 Å². The van der Waals surface area contributed by atoms with Crippen molar-refractivity contribution in [1.82, 2.24) is 0 Å². The van der Waals surface area contributed by atoms with E-state index in [-0.39, 0.29) is 5.91 Å². The van der Waals surface area contributed by atoms with Gasteiger partial charge >= 0.3 is 0 Å². The third kappa shape index (κ3) is 2.68. The Morgan fingerprint density at radius 2 is 1.84 bits per heavy atom. The highest BCUT2D eigenvalue weighted by Gasteiger charge is 2.19. The number of fused-ring (bicyclic) bond motifs is 3. The van der Waals surface area contributed by atoms with Crippen LogP contribution >= 0.6 is 0 Å². The van der Waals surface area contributed by atoms with E-state index in [2.05, 4.69) is 18.3 Å². The minimum Gasteiger partial charge on any atom is -0.450 e. The first-order valence-electron chi connectivity index (χ1n) is 8.48. The van der Waals surface area contributed by atoms with Crippen LogP contribution in [-0.2, 0) is 6.42 Å². The lowest BCUT2D eigenvalue weighted by Gasteiger charge is -2.05. The first-order chi connectivity index (χ1) is 12.2. The Bertz CT molecular complexity index is 1090. The normalized spacial score (nSPS) is 11.1. The predicted molar refractivity (Wildman–Crippen MR) is 102 cm³/mol. The molecule has 1 heterocycles. The maximum absolute atomic E-state index is 12.7. The van der Waals surface area contributed by atoms with Crippen LogP contribution in [0.2, 0.25) is 0 Å². The van der Waals surface area contributed by atoms with Crippen LogP contribution in [-0.4, -0.2) is 5.91 Å². The molecule has 0 saturated heterocycles. The van der Waals surface area contributed by atoms with Crippen molar-refractivity contribution >= 4 is 33.3 Å². The maximum Gasteiger partial charge on any atom is 0.291 e. The molecule has 0 fully saturated rings. The fraction of sp³-hybridized carbons (Fsp3) is 0.136. The van der Waals surface area contributed by atoms with Crippen molar-refractivity contribution in [2.24, 2.45) is 0 Å². The van der Waals surface area contributed by atoms with E-state index in [1.165, 1.54) is 5.56 Å². The van der Waals surface area contributed by atoms with Crippen molar-refractivity contribution in [2.75, 3.05) is 5.32 Å². The molecule has 25 heavy (non-hydrogen) atoms. The van der Waals surface area contributed by atoms with Gasteiger partial charge < -0.3 is 9.73 Å². The molecule has 1 N–H and O–H groups in total. The highest BCUT2D eigenvalue weighted by Crippen LogP contribution is 2.32. The number of rotatable bonds is 3. The Kier molecular flexibility index (Phi) is 3.77. The number of furan rings is 1. The molecular formula is C22H19NO2. The number of hydrogen-bond donors (Lipinski definition) is 1. The number of carbonyl (C=O) groups excluding carboxylic acids is 1. The second-order valence-electron chi connectivity index (χ2n) is 6.23. The third-order valence-corrected chi connectivity index (χ3v) is 4.63. The van der Waals surface area contributed by atoms with Crippen molar-refractivity contribution in [1.29, 1.82) is 0 Å². The molecule has 0 unspecified atom stereocenters. The van der Waals surface area contributed by atoms with Crippen LogP contribution in [0.15, 0.2) is 65.1 Å². The van der Waals surface area contributed by atoms with E-state index >= 15 is 0 Å². The summed E-state index contributed by atoms with van der Waals surface area (Å²) in [6.07, 6.45) is 0.930. The average Bonchev–Trinajstić information content (AvgIpc) is 2.99. The molecular weight excluding hydrogens is 310 g/mol. The van der Waals surface area contributed by atoms with E-state index in [1.807, 2.05) is 61.5 Å². The molecule has 124 valence electrons. The fourth-order valence-corrected chi connectivity index (χ4v) is 3.22. The van der Waals surface area contributed by atoms with E-state index < -0.39 is 0 Å². The molecule has 0 radical (unpaired) electrons. The first-order valence-corrected chi connectivity index (χ1v) is 8.48. The molecule has 0 aliphatic heterocycles. The van der Waals surface area contributed by atoms with Gasteiger partial charge in [-0.25, -0.2) is 0 Å². The highest BCUT2D eigenvalue weighted by molar-refractivity contribution is 6.11. The van der Waals surface area contributed by atoms with Crippen molar-refractivity contribution in [3.8, 4) is 0 Å². The number of anilines is 1. The van der Waals surface area contributed by atoms with Crippen molar-refractivity contribution in [3.63, 3.8) is 0 Å². The van der Waals surface area contributed by atoms with E-state index in [0.717, 1.165) is 39.4 Å². The van der Waals surface area contributed by atoms with Gasteiger partial charge in [-0.05, 0) is 36.4 Å². The molecule has 3 heteroatoms. The van der Waals surface area contributed by atoms with Gasteiger partial charge in [0.15, 0.2) is 5.76 Å². The van der Waals surface area contributed by atoms with Crippen LogP contribution in [0.25, 0.3) is 21.7 Å². The molecule has 0 aliphatic rings. The van der Waals surface area contributed by atoms with Crippen molar-refractivity contribution in [2.45, 2.75) is 20.3 Å². The second-order valence-corrected chi connectivity index (χ2v) is 6.23. The smallest absolute Gasteiger partial charge is 0.291 e. The Morgan fingerprint density at radius 3 is 2.68 bits per heavy atom. The number of nitrogens with one attached hydrogen (secondary N) is 1. The summed E-state index contributed by atoms with van der Waals surface area (Å²) in [5, 5.41) is 6.05. The highest BCUT2D eigenvalue weighted by atomic mass is 16.3. The second kappa shape index (κ2) is 6.10. The predicted octanol–water partition coefficient (Wildman–Crippen LogP) is 5.71. The summed E-state index contributed by atoms with van der Waals surface area (Å²) in [5.74, 6) is 0.152. The van der Waals surface area contributed by atoms with Crippen molar-refractivity contribution in [3.05, 3.63) is 77.6 Å². The third-order valence-electron chi connectivity index (χ3n) is 4.63. The molecule has 4 aromatic rings. The minimum atomic E-state index is -0.217. The van der Waals surface area contributed by atoms with Crippen LogP contribution in [0.5, 0.6) is 0 Å². The van der Waals surface area contributed by atoms with Crippen LogP contribution in [0, 0.1) is 6.92 Å². The van der Waals surface area contributed by atoms with Gasteiger partial charge in [0.2, 0.25) is 0 Å². The molecule has 4 rings (SSSR count). The Balaban J connectivity index is 1.76. The Hall–Kier alpha value is -3.07. The standard InChI is InChI=1S/C22H19NO2/c1-3-15-7-6-9-17(13-15)23-22(24)20-14(2)18-12-11-16-8-4-5-10-19(16)21(18)25-20/h4-13H,3H2,1-2H3,(H,23,24). The van der Waals surface area contributed by atoms with Crippen molar-refractivity contribution < 1.29 is 9.21 Å². The topological polar surface area (TPSA) is 42.2 Å². The summed E-state index contributed by atoms with van der Waals surface area (Å²) < 4.78 is 5.99. The Labute approximate surface area is 146 Å². The largest absolute Gasteiger partial charge is 0.450 e. The van der Waals surface area contributed by atoms with Crippen LogP contribution < -0.4 is 5.32 Å². The van der Waals surface area contributed by atoms with Crippen LogP contribution in [0.3, 0.4) is 0 Å². The Morgan fingerprint density at radius 1 is 1.00 bits per heavy atom. The van der Waals surface area contributed by atoms with Gasteiger partial charge in [0.25, 0.3) is 5.91 Å². The number of carbonyl (C=O) groups is 1. The first kappa shape index (κ1) is 15.5. The minimum absolute atomic E-state index is 0.217. The fourth-order valence-electron chi connectivity index (χ4n) is 3.22. The van der Waals surface area contributed by atoms with E-state index in [0.29, 0.717) is 5.76 Å². The zero-order valence-electron chi connectivity index (χ0n) is 14.3. The zero-order valence-corrected chi connectivity index (χ0v) is 14.3. The number of benzene rings is 3. The summed E-state index contributed by atoms with van der Waals surface area (Å²) in [7, 11) is 0. The monoisotopic (exact) mass is 329 g/mol. The van der Waals surface area contributed by atoms with Gasteiger partial charge in [-0.15, -0.1) is 0 Å².